The number of carbonyl (C=O) groups is 1. The van der Waals surface area contributed by atoms with Crippen molar-refractivity contribution in [1.29, 1.82) is 0 Å². The molecule has 0 spiro atoms. The molecule has 1 aromatic carbocycles. The lowest BCUT2D eigenvalue weighted by Crippen LogP contribution is -2.29. The summed E-state index contributed by atoms with van der Waals surface area (Å²) < 4.78 is 3.14. The van der Waals surface area contributed by atoms with Gasteiger partial charge >= 0.3 is 5.16 Å². The summed E-state index contributed by atoms with van der Waals surface area (Å²) in [6.45, 7) is 1.81. The molecule has 0 radical (unpaired) electrons. The Morgan fingerprint density at radius 2 is 2.09 bits per heavy atom. The zero-order valence-electron chi connectivity index (χ0n) is 12.6. The van der Waals surface area contributed by atoms with Gasteiger partial charge in [-0.05, 0) is 23.4 Å². The van der Waals surface area contributed by atoms with Crippen LogP contribution in [0.1, 0.15) is 23.0 Å². The molecule has 7 heteroatoms. The van der Waals surface area contributed by atoms with Crippen LogP contribution in [0, 0.1) is 0 Å². The Morgan fingerprint density at radius 3 is 2.70 bits per heavy atom. The predicted molar refractivity (Wildman–Crippen MR) is 87.2 cm³/mol. The number of Topliss-reactive ketones (excluding diaryl/α,β-unsaturated/α-hetero) is 1. The van der Waals surface area contributed by atoms with Gasteiger partial charge in [-0.2, -0.15) is 4.40 Å². The number of carbonyl (C=O) groups excluding carboxylic acids is 1. The predicted octanol–water partition coefficient (Wildman–Crippen LogP) is 2.32. The number of thioether (sulfide) groups is 1. The second kappa shape index (κ2) is 6.22. The van der Waals surface area contributed by atoms with Gasteiger partial charge in [-0.15, -0.1) is 0 Å². The van der Waals surface area contributed by atoms with Crippen LogP contribution < -0.4 is 9.51 Å². The third-order valence-electron chi connectivity index (χ3n) is 3.52. The molecule has 0 bridgehead atoms. The number of aromatic nitrogens is 3. The number of hydrogen-bond acceptors (Lipinski definition) is 4. The highest BCUT2D eigenvalue weighted by atomic mass is 35.5. The highest BCUT2D eigenvalue weighted by Gasteiger charge is 2.25. The number of halogens is 1. The van der Waals surface area contributed by atoms with Gasteiger partial charge in [0.05, 0.1) is 18.5 Å². The fourth-order valence-electron chi connectivity index (χ4n) is 2.57. The number of rotatable bonds is 4. The van der Waals surface area contributed by atoms with E-state index in [2.05, 4.69) is 4.98 Å². The summed E-state index contributed by atoms with van der Waals surface area (Å²) in [4.78, 5) is 16.2. The summed E-state index contributed by atoms with van der Waals surface area (Å²) in [5.41, 5.74) is 1.69. The first-order valence-corrected chi connectivity index (χ1v) is 8.54. The van der Waals surface area contributed by atoms with Gasteiger partial charge in [0.1, 0.15) is 0 Å². The topological polar surface area (TPSA) is 62.1 Å². The molecule has 0 unspecified atom stereocenters. The molecule has 5 nitrogen and oxygen atoms in total. The molecule has 0 fully saturated rings. The van der Waals surface area contributed by atoms with Gasteiger partial charge in [0.2, 0.25) is 10.8 Å². The molecule has 0 saturated carbocycles. The van der Waals surface area contributed by atoms with E-state index in [1.807, 2.05) is 36.6 Å². The normalized spacial score (nSPS) is 11.1. The van der Waals surface area contributed by atoms with Crippen molar-refractivity contribution in [2.24, 2.45) is 0 Å². The number of fused-ring (bicyclic) bond motifs is 1. The van der Waals surface area contributed by atoms with E-state index in [-0.39, 0.29) is 22.5 Å². The first-order chi connectivity index (χ1) is 11.0. The minimum atomic E-state index is -0.364. The first kappa shape index (κ1) is 15.8. The number of ketones is 1. The largest absolute Gasteiger partial charge is 0.845 e. The molecule has 3 aromatic rings. The molecule has 23 heavy (non-hydrogen) atoms. The molecule has 3 rings (SSSR count). The fraction of sp³-hybridized carbons (Fsp3) is 0.188. The SMILES string of the molecule is CSc1nc(Cl)cc2n(Cc3ccccc3)c(C(C)=O)c([O-])[n+]12. The van der Waals surface area contributed by atoms with E-state index in [4.69, 9.17) is 11.6 Å². The summed E-state index contributed by atoms with van der Waals surface area (Å²) in [6.07, 6.45) is 1.81. The standard InChI is InChI=1S/C16H14ClN3O2S/c1-10(21)14-15(22)20-13(8-12(17)18-16(20)23-2)19(14)9-11-6-4-3-5-7-11/h3-8H,9H2,1-2H3. The third kappa shape index (κ3) is 2.80. The smallest absolute Gasteiger partial charge is 0.304 e. The van der Waals surface area contributed by atoms with Crippen LogP contribution in [0.3, 0.4) is 0 Å². The lowest BCUT2D eigenvalue weighted by atomic mass is 10.2. The van der Waals surface area contributed by atoms with Crippen molar-refractivity contribution in [3.05, 3.63) is 52.8 Å². The van der Waals surface area contributed by atoms with Gasteiger partial charge in [0.15, 0.2) is 11.5 Å². The summed E-state index contributed by atoms with van der Waals surface area (Å²) >= 11 is 7.39. The first-order valence-electron chi connectivity index (χ1n) is 6.93. The molecule has 118 valence electrons. The van der Waals surface area contributed by atoms with Gasteiger partial charge < -0.3 is 5.11 Å². The van der Waals surface area contributed by atoms with Crippen LogP contribution in [-0.2, 0) is 6.54 Å². The Labute approximate surface area is 142 Å². The molecular weight excluding hydrogens is 334 g/mol. The van der Waals surface area contributed by atoms with Crippen molar-refractivity contribution >= 4 is 34.8 Å². The minimum absolute atomic E-state index is 0.133. The second-order valence-electron chi connectivity index (χ2n) is 5.04. The maximum absolute atomic E-state index is 12.7. The Kier molecular flexibility index (Phi) is 4.28. The Morgan fingerprint density at radius 1 is 1.39 bits per heavy atom. The highest BCUT2D eigenvalue weighted by Crippen LogP contribution is 2.23. The number of hydrogen-bond donors (Lipinski definition) is 0. The van der Waals surface area contributed by atoms with E-state index in [0.29, 0.717) is 17.3 Å². The molecular formula is C16H14ClN3O2S. The van der Waals surface area contributed by atoms with Crippen LogP contribution in [0.15, 0.2) is 41.6 Å². The Balaban J connectivity index is 2.32. The van der Waals surface area contributed by atoms with Crippen LogP contribution in [0.2, 0.25) is 5.15 Å². The minimum Gasteiger partial charge on any atom is -0.845 e. The van der Waals surface area contributed by atoms with E-state index in [1.54, 1.807) is 10.6 Å². The van der Waals surface area contributed by atoms with Gasteiger partial charge in [-0.1, -0.05) is 47.1 Å². The molecule has 0 aliphatic rings. The van der Waals surface area contributed by atoms with E-state index >= 15 is 0 Å². The van der Waals surface area contributed by atoms with Gasteiger partial charge in [0.25, 0.3) is 0 Å². The summed E-state index contributed by atoms with van der Waals surface area (Å²) in [7, 11) is 0. The maximum atomic E-state index is 12.7. The van der Waals surface area contributed by atoms with Crippen LogP contribution in [0.25, 0.3) is 5.65 Å². The number of benzene rings is 1. The third-order valence-corrected chi connectivity index (χ3v) is 4.36. The number of nitrogens with zero attached hydrogens (tertiary/aromatic N) is 3. The van der Waals surface area contributed by atoms with E-state index in [0.717, 1.165) is 5.56 Å². The van der Waals surface area contributed by atoms with Crippen LogP contribution >= 0.6 is 23.4 Å². The maximum Gasteiger partial charge on any atom is 0.304 e. The van der Waals surface area contributed by atoms with E-state index < -0.39 is 0 Å². The van der Waals surface area contributed by atoms with Crippen molar-refractivity contribution in [3.8, 4) is 5.88 Å². The lowest BCUT2D eigenvalue weighted by Gasteiger charge is -2.05. The average molecular weight is 348 g/mol. The zero-order valence-corrected chi connectivity index (χ0v) is 14.2. The molecule has 0 aliphatic heterocycles. The fourth-order valence-corrected chi connectivity index (χ4v) is 3.35. The summed E-state index contributed by atoms with van der Waals surface area (Å²) in [6, 6.07) is 11.3. The van der Waals surface area contributed by atoms with E-state index in [1.165, 1.54) is 23.1 Å². The van der Waals surface area contributed by atoms with Crippen LogP contribution in [0.4, 0.5) is 0 Å². The average Bonchev–Trinajstić information content (AvgIpc) is 2.80. The molecule has 0 N–H and O–H groups in total. The number of imidazole rings is 1. The van der Waals surface area contributed by atoms with Crippen LogP contribution in [0.5, 0.6) is 5.88 Å². The van der Waals surface area contributed by atoms with Crippen molar-refractivity contribution in [2.75, 3.05) is 6.26 Å². The molecule has 0 amide bonds. The van der Waals surface area contributed by atoms with Crippen molar-refractivity contribution in [2.45, 2.75) is 18.6 Å². The monoisotopic (exact) mass is 347 g/mol. The molecule has 0 aliphatic carbocycles. The lowest BCUT2D eigenvalue weighted by molar-refractivity contribution is -0.619. The van der Waals surface area contributed by atoms with Crippen molar-refractivity contribution in [1.82, 2.24) is 9.55 Å². The van der Waals surface area contributed by atoms with Crippen LogP contribution in [-0.4, -0.2) is 21.6 Å². The molecule has 2 aromatic heterocycles. The van der Waals surface area contributed by atoms with Gasteiger partial charge in [0, 0.05) is 6.92 Å². The Hall–Kier alpha value is -2.05. The molecule has 0 saturated heterocycles. The van der Waals surface area contributed by atoms with Gasteiger partial charge in [-0.3, -0.25) is 4.79 Å². The van der Waals surface area contributed by atoms with Crippen molar-refractivity contribution in [3.63, 3.8) is 0 Å². The van der Waals surface area contributed by atoms with Gasteiger partial charge in [-0.25, -0.2) is 4.57 Å². The summed E-state index contributed by atoms with van der Waals surface area (Å²) in [5.74, 6) is -0.644. The highest BCUT2D eigenvalue weighted by molar-refractivity contribution is 7.98. The second-order valence-corrected chi connectivity index (χ2v) is 6.20. The summed E-state index contributed by atoms with van der Waals surface area (Å²) in [5, 5.41) is 13.4. The Bertz CT molecular complexity index is 893. The quantitative estimate of drug-likeness (QED) is 0.239. The van der Waals surface area contributed by atoms with Crippen molar-refractivity contribution < 1.29 is 14.3 Å². The van der Waals surface area contributed by atoms with E-state index in [9.17, 15) is 9.90 Å². The molecule has 0 atom stereocenters. The zero-order chi connectivity index (χ0) is 16.6. The molecule has 2 heterocycles.